The predicted molar refractivity (Wildman–Crippen MR) is 94.4 cm³/mol. The van der Waals surface area contributed by atoms with Crippen LogP contribution in [0.4, 0.5) is 5.69 Å². The molecule has 0 radical (unpaired) electrons. The van der Waals surface area contributed by atoms with Crippen LogP contribution in [-0.4, -0.2) is 33.4 Å². The molecule has 1 amide bonds. The second-order valence-corrected chi connectivity index (χ2v) is 6.25. The monoisotopic (exact) mass is 343 g/mol. The van der Waals surface area contributed by atoms with Crippen molar-refractivity contribution in [2.75, 3.05) is 32.8 Å². The van der Waals surface area contributed by atoms with Gasteiger partial charge in [-0.3, -0.25) is 4.79 Å². The van der Waals surface area contributed by atoms with Crippen molar-refractivity contribution in [3.63, 3.8) is 0 Å². The van der Waals surface area contributed by atoms with E-state index in [0.29, 0.717) is 18.0 Å². The quantitative estimate of drug-likeness (QED) is 0.832. The molecule has 6 nitrogen and oxygen atoms in total. The van der Waals surface area contributed by atoms with Crippen LogP contribution in [0.15, 0.2) is 36.4 Å². The van der Waals surface area contributed by atoms with E-state index in [1.165, 1.54) is 0 Å². The Labute approximate surface area is 147 Å². The van der Waals surface area contributed by atoms with E-state index in [4.69, 9.17) is 14.2 Å². The number of methoxy groups -OCH3 is 1. The van der Waals surface area contributed by atoms with Gasteiger partial charge in [0.05, 0.1) is 19.8 Å². The second-order valence-electron chi connectivity index (χ2n) is 6.25. The summed E-state index contributed by atoms with van der Waals surface area (Å²) in [7, 11) is 3.58. The van der Waals surface area contributed by atoms with Crippen LogP contribution in [-0.2, 0) is 11.3 Å². The summed E-state index contributed by atoms with van der Waals surface area (Å²) in [5, 5.41) is 2.93. The average molecular weight is 343 g/mol. The van der Waals surface area contributed by atoms with Gasteiger partial charge in [-0.15, -0.1) is 0 Å². The van der Waals surface area contributed by atoms with E-state index in [0.717, 1.165) is 34.1 Å². The number of benzene rings is 2. The number of hydrogen-bond acceptors (Lipinski definition) is 4. The molecule has 2 aromatic carbocycles. The lowest BCUT2D eigenvalue weighted by Crippen LogP contribution is -3.08. The third-order valence-corrected chi connectivity index (χ3v) is 4.03. The van der Waals surface area contributed by atoms with E-state index in [1.807, 2.05) is 50.4 Å². The Kier molecular flexibility index (Phi) is 5.09. The van der Waals surface area contributed by atoms with Crippen molar-refractivity contribution >= 4 is 11.6 Å². The lowest BCUT2D eigenvalue weighted by atomic mass is 10.2. The maximum Gasteiger partial charge on any atom is 0.279 e. The summed E-state index contributed by atoms with van der Waals surface area (Å²) in [6, 6.07) is 11.6. The highest BCUT2D eigenvalue weighted by Crippen LogP contribution is 2.32. The van der Waals surface area contributed by atoms with Crippen molar-refractivity contribution < 1.29 is 23.9 Å². The molecule has 0 bridgehead atoms. The van der Waals surface area contributed by atoms with Gasteiger partial charge in [-0.25, -0.2) is 0 Å². The molecule has 0 aromatic heterocycles. The number of quaternary nitrogens is 1. The Morgan fingerprint density at radius 1 is 1.20 bits per heavy atom. The number of carbonyl (C=O) groups is 1. The Balaban J connectivity index is 1.58. The molecule has 6 heteroatoms. The number of fused-ring (bicyclic) bond motifs is 1. The molecule has 1 aliphatic heterocycles. The fraction of sp³-hybridized carbons (Fsp3) is 0.316. The van der Waals surface area contributed by atoms with Crippen LogP contribution in [0.3, 0.4) is 0 Å². The maximum absolute atomic E-state index is 12.3. The fourth-order valence-corrected chi connectivity index (χ4v) is 2.85. The number of rotatable bonds is 6. The van der Waals surface area contributed by atoms with E-state index >= 15 is 0 Å². The van der Waals surface area contributed by atoms with Gasteiger partial charge in [-0.1, -0.05) is 6.07 Å². The molecule has 1 unspecified atom stereocenters. The normalized spacial score (nSPS) is 13.4. The smallest absolute Gasteiger partial charge is 0.279 e. The summed E-state index contributed by atoms with van der Waals surface area (Å²) in [6.45, 7) is 3.31. The molecular weight excluding hydrogens is 320 g/mol. The highest BCUT2D eigenvalue weighted by molar-refractivity contribution is 5.93. The summed E-state index contributed by atoms with van der Waals surface area (Å²) in [6.07, 6.45) is 0. The zero-order valence-electron chi connectivity index (χ0n) is 14.7. The van der Waals surface area contributed by atoms with Crippen molar-refractivity contribution in [3.05, 3.63) is 47.5 Å². The largest absolute Gasteiger partial charge is 0.495 e. The number of amides is 1. The van der Waals surface area contributed by atoms with Crippen LogP contribution in [0, 0.1) is 6.92 Å². The number of anilines is 1. The molecule has 0 spiro atoms. The van der Waals surface area contributed by atoms with Crippen molar-refractivity contribution in [2.45, 2.75) is 13.5 Å². The first-order chi connectivity index (χ1) is 12.0. The highest BCUT2D eigenvalue weighted by atomic mass is 16.7. The summed E-state index contributed by atoms with van der Waals surface area (Å²) in [5.41, 5.74) is 2.86. The summed E-state index contributed by atoms with van der Waals surface area (Å²) in [4.78, 5) is 13.4. The number of nitrogens with one attached hydrogen (secondary N) is 2. The highest BCUT2D eigenvalue weighted by Gasteiger charge is 2.17. The van der Waals surface area contributed by atoms with Gasteiger partial charge < -0.3 is 24.4 Å². The van der Waals surface area contributed by atoms with Gasteiger partial charge in [0.1, 0.15) is 12.3 Å². The van der Waals surface area contributed by atoms with E-state index in [1.54, 1.807) is 7.11 Å². The van der Waals surface area contributed by atoms with Crippen LogP contribution in [0.2, 0.25) is 0 Å². The van der Waals surface area contributed by atoms with Crippen molar-refractivity contribution in [1.29, 1.82) is 0 Å². The van der Waals surface area contributed by atoms with Crippen LogP contribution in [0.25, 0.3) is 0 Å². The molecule has 2 N–H and O–H groups in total. The zero-order valence-corrected chi connectivity index (χ0v) is 14.7. The van der Waals surface area contributed by atoms with E-state index in [9.17, 15) is 4.79 Å². The van der Waals surface area contributed by atoms with Gasteiger partial charge >= 0.3 is 0 Å². The first-order valence-corrected chi connectivity index (χ1v) is 8.19. The lowest BCUT2D eigenvalue weighted by molar-refractivity contribution is -0.885. The zero-order chi connectivity index (χ0) is 17.8. The molecule has 1 heterocycles. The van der Waals surface area contributed by atoms with Crippen LogP contribution in [0.5, 0.6) is 17.2 Å². The Hall–Kier alpha value is -2.73. The molecule has 2 aromatic rings. The predicted octanol–water partition coefficient (Wildman–Crippen LogP) is 1.39. The lowest BCUT2D eigenvalue weighted by Gasteiger charge is -2.15. The third kappa shape index (κ3) is 4.22. The van der Waals surface area contributed by atoms with Gasteiger partial charge in [-0.05, 0) is 42.8 Å². The topological polar surface area (TPSA) is 61.2 Å². The fourth-order valence-electron chi connectivity index (χ4n) is 2.85. The molecule has 0 aliphatic carbocycles. The number of likely N-dealkylation sites (N-methyl/N-ethyl adjacent to an activating group) is 1. The molecule has 0 saturated carbocycles. The van der Waals surface area contributed by atoms with Gasteiger partial charge in [0.25, 0.3) is 5.91 Å². The molecule has 1 aliphatic rings. The van der Waals surface area contributed by atoms with Crippen molar-refractivity contribution in [2.24, 2.45) is 0 Å². The molecule has 3 rings (SSSR count). The van der Waals surface area contributed by atoms with Crippen molar-refractivity contribution in [3.8, 4) is 17.2 Å². The van der Waals surface area contributed by atoms with Crippen LogP contribution < -0.4 is 24.4 Å². The van der Waals surface area contributed by atoms with Crippen molar-refractivity contribution in [1.82, 2.24) is 0 Å². The van der Waals surface area contributed by atoms with Gasteiger partial charge in [0.2, 0.25) is 6.79 Å². The standard InChI is InChI=1S/C19H22N2O4/c1-13-4-6-16(23-3)15(8-13)20-19(22)11-21(2)10-14-5-7-17-18(9-14)25-12-24-17/h4-9H,10-12H2,1-3H3,(H,20,22)/p+1. The van der Waals surface area contributed by atoms with E-state index in [2.05, 4.69) is 5.32 Å². The first kappa shape index (κ1) is 17.1. The Morgan fingerprint density at radius 2 is 2.00 bits per heavy atom. The summed E-state index contributed by atoms with van der Waals surface area (Å²) >= 11 is 0. The average Bonchev–Trinajstić information content (AvgIpc) is 3.02. The molecule has 1 atom stereocenters. The molecule has 132 valence electrons. The molecule has 0 saturated heterocycles. The summed E-state index contributed by atoms with van der Waals surface area (Å²) < 4.78 is 16.0. The molecule has 25 heavy (non-hydrogen) atoms. The SMILES string of the molecule is COc1ccc(C)cc1NC(=O)C[NH+](C)Cc1ccc2c(c1)OCO2. The molecular formula is C19H23N2O4+. The Bertz CT molecular complexity index is 776. The van der Waals surface area contributed by atoms with Gasteiger partial charge in [0.15, 0.2) is 18.0 Å². The number of carbonyl (C=O) groups excluding carboxylic acids is 1. The first-order valence-electron chi connectivity index (χ1n) is 8.19. The maximum atomic E-state index is 12.3. The number of hydrogen-bond donors (Lipinski definition) is 2. The van der Waals surface area contributed by atoms with Gasteiger partial charge in [0, 0.05) is 5.56 Å². The van der Waals surface area contributed by atoms with E-state index < -0.39 is 0 Å². The van der Waals surface area contributed by atoms with E-state index in [-0.39, 0.29) is 12.7 Å². The van der Waals surface area contributed by atoms with Gasteiger partial charge in [-0.2, -0.15) is 0 Å². The van der Waals surface area contributed by atoms with Crippen LogP contribution >= 0.6 is 0 Å². The minimum atomic E-state index is -0.0536. The molecule has 0 fully saturated rings. The third-order valence-electron chi connectivity index (χ3n) is 4.03. The number of aryl methyl sites for hydroxylation is 1. The summed E-state index contributed by atoms with van der Waals surface area (Å²) in [5.74, 6) is 2.14. The van der Waals surface area contributed by atoms with Crippen LogP contribution in [0.1, 0.15) is 11.1 Å². The number of ether oxygens (including phenoxy) is 3. The second kappa shape index (κ2) is 7.44. The minimum Gasteiger partial charge on any atom is -0.495 e. The minimum absolute atomic E-state index is 0.0536. The Morgan fingerprint density at radius 3 is 2.80 bits per heavy atom.